The molecule has 0 radical (unpaired) electrons. The Kier molecular flexibility index (Phi) is 3.72. The monoisotopic (exact) mass is 254 g/mol. The minimum Gasteiger partial charge on any atom is -0.478 e. The van der Waals surface area contributed by atoms with E-state index in [1.165, 1.54) is 0 Å². The Hall–Kier alpha value is -1.62. The summed E-state index contributed by atoms with van der Waals surface area (Å²) in [6, 6.07) is 3.52. The maximum Gasteiger partial charge on any atom is 0.329 e. The summed E-state index contributed by atoms with van der Waals surface area (Å²) >= 11 is 0. The predicted octanol–water partition coefficient (Wildman–Crippen LogP) is 1.98. The number of carbonyl (C=O) groups is 1. The summed E-state index contributed by atoms with van der Waals surface area (Å²) < 4.78 is 23.9. The molecule has 1 rings (SSSR count). The Labute approximate surface area is 101 Å². The van der Waals surface area contributed by atoms with Crippen LogP contribution in [0.3, 0.4) is 0 Å². The quantitative estimate of drug-likeness (QED) is 0.837. The van der Waals surface area contributed by atoms with Crippen molar-refractivity contribution in [2.75, 3.05) is 0 Å². The number of carboxylic acid groups (broad SMARTS) is 1. The Morgan fingerprint density at radius 1 is 1.18 bits per heavy atom. The van der Waals surface area contributed by atoms with Gasteiger partial charge in [0.1, 0.15) is 0 Å². The van der Waals surface area contributed by atoms with Crippen LogP contribution in [-0.4, -0.2) is 19.5 Å². The molecule has 1 aromatic carbocycles. The number of aryl methyl sites for hydroxylation is 3. The van der Waals surface area contributed by atoms with Gasteiger partial charge in [0.05, 0.1) is 4.90 Å². The lowest BCUT2D eigenvalue weighted by atomic mass is 10.1. The first-order valence-electron chi connectivity index (χ1n) is 4.98. The third kappa shape index (κ3) is 3.17. The topological polar surface area (TPSA) is 71.4 Å². The van der Waals surface area contributed by atoms with Crippen molar-refractivity contribution >= 4 is 15.8 Å². The second-order valence-electron chi connectivity index (χ2n) is 3.91. The van der Waals surface area contributed by atoms with E-state index in [4.69, 9.17) is 5.11 Å². The molecule has 0 saturated carbocycles. The van der Waals surface area contributed by atoms with Gasteiger partial charge in [-0.15, -0.1) is 0 Å². The van der Waals surface area contributed by atoms with Gasteiger partial charge in [0.2, 0.25) is 9.84 Å². The van der Waals surface area contributed by atoms with E-state index in [1.54, 1.807) is 26.0 Å². The predicted molar refractivity (Wildman–Crippen MR) is 64.6 cm³/mol. The molecule has 17 heavy (non-hydrogen) atoms. The van der Waals surface area contributed by atoms with Gasteiger partial charge in [0, 0.05) is 11.5 Å². The highest BCUT2D eigenvalue weighted by molar-refractivity contribution is 7.94. The van der Waals surface area contributed by atoms with Gasteiger partial charge in [-0.1, -0.05) is 17.7 Å². The molecule has 1 aromatic rings. The zero-order valence-electron chi connectivity index (χ0n) is 9.89. The zero-order chi connectivity index (χ0) is 13.2. The van der Waals surface area contributed by atoms with Gasteiger partial charge in [-0.25, -0.2) is 13.2 Å². The number of benzene rings is 1. The smallest absolute Gasteiger partial charge is 0.329 e. The Morgan fingerprint density at radius 3 is 2.06 bits per heavy atom. The van der Waals surface area contributed by atoms with Gasteiger partial charge in [-0.05, 0) is 31.9 Å². The minimum atomic E-state index is -3.69. The maximum atomic E-state index is 11.9. The van der Waals surface area contributed by atoms with Gasteiger partial charge in [0.25, 0.3) is 0 Å². The molecule has 0 unspecified atom stereocenters. The van der Waals surface area contributed by atoms with E-state index in [-0.39, 0.29) is 4.90 Å². The highest BCUT2D eigenvalue weighted by atomic mass is 32.2. The summed E-state index contributed by atoms with van der Waals surface area (Å²) in [7, 11) is -3.69. The van der Waals surface area contributed by atoms with Crippen LogP contribution in [0.4, 0.5) is 0 Å². The molecular weight excluding hydrogens is 240 g/mol. The van der Waals surface area contributed by atoms with Crippen LogP contribution in [0.5, 0.6) is 0 Å². The van der Waals surface area contributed by atoms with Gasteiger partial charge in [-0.2, -0.15) is 0 Å². The lowest BCUT2D eigenvalue weighted by Crippen LogP contribution is -2.04. The van der Waals surface area contributed by atoms with E-state index in [0.717, 1.165) is 11.0 Å². The Balaban J connectivity index is 3.39. The van der Waals surface area contributed by atoms with Crippen LogP contribution in [0.25, 0.3) is 0 Å². The number of rotatable bonds is 3. The first-order chi connectivity index (χ1) is 7.74. The van der Waals surface area contributed by atoms with E-state index >= 15 is 0 Å². The fourth-order valence-corrected chi connectivity index (χ4v) is 3.28. The van der Waals surface area contributed by atoms with Crippen LogP contribution < -0.4 is 0 Å². The number of sulfone groups is 1. The third-order valence-corrected chi connectivity index (χ3v) is 3.99. The molecule has 4 nitrogen and oxygen atoms in total. The van der Waals surface area contributed by atoms with Crippen molar-refractivity contribution in [1.82, 2.24) is 0 Å². The zero-order valence-corrected chi connectivity index (χ0v) is 10.7. The van der Waals surface area contributed by atoms with Gasteiger partial charge >= 0.3 is 5.97 Å². The summed E-state index contributed by atoms with van der Waals surface area (Å²) in [5.74, 6) is -1.28. The highest BCUT2D eigenvalue weighted by Crippen LogP contribution is 2.23. The van der Waals surface area contributed by atoms with Crippen LogP contribution in [0, 0.1) is 20.8 Å². The fraction of sp³-hybridized carbons (Fsp3) is 0.250. The number of aliphatic carboxylic acids is 1. The van der Waals surface area contributed by atoms with Crippen molar-refractivity contribution in [3.8, 4) is 0 Å². The molecule has 0 aliphatic heterocycles. The highest BCUT2D eigenvalue weighted by Gasteiger charge is 2.17. The lowest BCUT2D eigenvalue weighted by molar-refractivity contribution is -0.131. The molecule has 0 aliphatic carbocycles. The second-order valence-corrected chi connectivity index (χ2v) is 5.68. The van der Waals surface area contributed by atoms with E-state index < -0.39 is 15.8 Å². The summed E-state index contributed by atoms with van der Waals surface area (Å²) in [6.45, 7) is 5.27. The second kappa shape index (κ2) is 4.71. The van der Waals surface area contributed by atoms with Gasteiger partial charge < -0.3 is 5.11 Å². The number of hydrogen-bond acceptors (Lipinski definition) is 3. The number of hydrogen-bond donors (Lipinski definition) is 1. The summed E-state index contributed by atoms with van der Waals surface area (Å²) in [5, 5.41) is 9.18. The van der Waals surface area contributed by atoms with Crippen LogP contribution >= 0.6 is 0 Å². The molecule has 0 atom stereocenters. The van der Waals surface area contributed by atoms with Crippen molar-refractivity contribution < 1.29 is 18.3 Å². The molecule has 0 aliphatic rings. The lowest BCUT2D eigenvalue weighted by Gasteiger charge is -2.09. The largest absolute Gasteiger partial charge is 0.478 e. The Bertz CT molecular complexity index is 560. The van der Waals surface area contributed by atoms with Crippen LogP contribution in [0.15, 0.2) is 28.5 Å². The number of carboxylic acids is 1. The van der Waals surface area contributed by atoms with Crippen molar-refractivity contribution in [3.63, 3.8) is 0 Å². The fourth-order valence-electron chi connectivity index (χ4n) is 1.83. The SMILES string of the molecule is Cc1cc(C)c(S(=O)(=O)/C=C/C(=O)O)c(C)c1. The standard InChI is InChI=1S/C12H14O4S/c1-8-6-9(2)12(10(3)7-8)17(15,16)5-4-11(13)14/h4-7H,1-3H3,(H,13,14)/b5-4+. The van der Waals surface area contributed by atoms with Crippen LogP contribution in [0.2, 0.25) is 0 Å². The van der Waals surface area contributed by atoms with E-state index in [0.29, 0.717) is 17.2 Å². The molecule has 0 saturated heterocycles. The first-order valence-corrected chi connectivity index (χ1v) is 6.52. The molecule has 92 valence electrons. The molecule has 0 bridgehead atoms. The van der Waals surface area contributed by atoms with E-state index in [2.05, 4.69) is 0 Å². The normalized spacial score (nSPS) is 11.9. The average Bonchev–Trinajstić information content (AvgIpc) is 2.12. The van der Waals surface area contributed by atoms with E-state index in [1.807, 2.05) is 6.92 Å². The molecule has 0 amide bonds. The van der Waals surface area contributed by atoms with Crippen molar-refractivity contribution in [1.29, 1.82) is 0 Å². The molecule has 5 heteroatoms. The molecule has 0 aromatic heterocycles. The van der Waals surface area contributed by atoms with Crippen LogP contribution in [0.1, 0.15) is 16.7 Å². The summed E-state index contributed by atoms with van der Waals surface area (Å²) in [5.41, 5.74) is 2.22. The van der Waals surface area contributed by atoms with Crippen molar-refractivity contribution in [2.45, 2.75) is 25.7 Å². The van der Waals surface area contributed by atoms with Crippen molar-refractivity contribution in [2.24, 2.45) is 0 Å². The molecule has 1 N–H and O–H groups in total. The molecule has 0 fully saturated rings. The van der Waals surface area contributed by atoms with E-state index in [9.17, 15) is 13.2 Å². The molecule has 0 heterocycles. The third-order valence-electron chi connectivity index (χ3n) is 2.28. The minimum absolute atomic E-state index is 0.181. The Morgan fingerprint density at radius 2 is 1.65 bits per heavy atom. The van der Waals surface area contributed by atoms with Gasteiger partial charge in [0.15, 0.2) is 0 Å². The van der Waals surface area contributed by atoms with Crippen LogP contribution in [-0.2, 0) is 14.6 Å². The van der Waals surface area contributed by atoms with Crippen molar-refractivity contribution in [3.05, 3.63) is 40.3 Å². The summed E-state index contributed by atoms with van der Waals surface area (Å²) in [6.07, 6.45) is 0.633. The summed E-state index contributed by atoms with van der Waals surface area (Å²) in [4.78, 5) is 10.5. The molecular formula is C12H14O4S. The average molecular weight is 254 g/mol. The molecule has 0 spiro atoms. The van der Waals surface area contributed by atoms with Gasteiger partial charge in [-0.3, -0.25) is 0 Å². The first kappa shape index (κ1) is 13.4. The maximum absolute atomic E-state index is 11.9.